The van der Waals surface area contributed by atoms with Gasteiger partial charge in [0, 0.05) is 19.1 Å². The first kappa shape index (κ1) is 15.3. The molecule has 0 aliphatic carbocycles. The van der Waals surface area contributed by atoms with E-state index in [1.807, 2.05) is 19.9 Å². The standard InChI is InChI=1S/C14H22N2O3S/c1-11-4-5-13(19-3)14(10-11)20(17,18)16-9-8-15-7-6-12(16)2/h4-5,10,12,15H,6-9H2,1-3H3. The van der Waals surface area contributed by atoms with Crippen LogP contribution < -0.4 is 10.1 Å². The molecule has 2 rings (SSSR count). The van der Waals surface area contributed by atoms with Crippen LogP contribution in [0.25, 0.3) is 0 Å². The summed E-state index contributed by atoms with van der Waals surface area (Å²) in [4.78, 5) is 0.258. The molecule has 1 saturated heterocycles. The molecule has 1 aliphatic rings. The Labute approximate surface area is 121 Å². The molecule has 1 aromatic rings. The van der Waals surface area contributed by atoms with E-state index in [1.165, 1.54) is 7.11 Å². The van der Waals surface area contributed by atoms with Crippen molar-refractivity contribution >= 4 is 10.0 Å². The third-order valence-electron chi connectivity index (χ3n) is 3.65. The number of benzene rings is 1. The fourth-order valence-electron chi connectivity index (χ4n) is 2.46. The number of hydrogen-bond donors (Lipinski definition) is 1. The highest BCUT2D eigenvalue weighted by molar-refractivity contribution is 7.89. The number of ether oxygens (including phenoxy) is 1. The molecule has 0 spiro atoms. The molecule has 1 N–H and O–H groups in total. The molecule has 1 unspecified atom stereocenters. The fraction of sp³-hybridized carbons (Fsp3) is 0.571. The number of methoxy groups -OCH3 is 1. The molecule has 1 atom stereocenters. The summed E-state index contributed by atoms with van der Waals surface area (Å²) >= 11 is 0. The number of sulfonamides is 1. The Morgan fingerprint density at radius 1 is 1.35 bits per heavy atom. The van der Waals surface area contributed by atoms with Crippen molar-refractivity contribution in [2.45, 2.75) is 31.2 Å². The summed E-state index contributed by atoms with van der Waals surface area (Å²) in [5, 5.41) is 3.23. The molecular weight excluding hydrogens is 276 g/mol. The Kier molecular flexibility index (Phi) is 4.67. The summed E-state index contributed by atoms with van der Waals surface area (Å²) in [5.41, 5.74) is 0.907. The zero-order valence-corrected chi connectivity index (χ0v) is 13.0. The van der Waals surface area contributed by atoms with Gasteiger partial charge in [-0.25, -0.2) is 8.42 Å². The van der Waals surface area contributed by atoms with Crippen molar-refractivity contribution in [2.24, 2.45) is 0 Å². The van der Waals surface area contributed by atoms with E-state index < -0.39 is 10.0 Å². The van der Waals surface area contributed by atoms with E-state index in [4.69, 9.17) is 4.74 Å². The Morgan fingerprint density at radius 3 is 2.80 bits per heavy atom. The maximum Gasteiger partial charge on any atom is 0.247 e. The highest BCUT2D eigenvalue weighted by Crippen LogP contribution is 2.29. The maximum atomic E-state index is 12.9. The van der Waals surface area contributed by atoms with E-state index in [2.05, 4.69) is 5.32 Å². The molecule has 1 aromatic carbocycles. The monoisotopic (exact) mass is 298 g/mol. The smallest absolute Gasteiger partial charge is 0.247 e. The minimum Gasteiger partial charge on any atom is -0.495 e. The number of nitrogens with one attached hydrogen (secondary N) is 1. The average Bonchev–Trinajstić information content (AvgIpc) is 2.63. The average molecular weight is 298 g/mol. The highest BCUT2D eigenvalue weighted by atomic mass is 32.2. The van der Waals surface area contributed by atoms with Crippen molar-refractivity contribution in [3.05, 3.63) is 23.8 Å². The van der Waals surface area contributed by atoms with Gasteiger partial charge >= 0.3 is 0 Å². The molecule has 0 bridgehead atoms. The summed E-state index contributed by atoms with van der Waals surface area (Å²) in [7, 11) is -2.03. The van der Waals surface area contributed by atoms with Crippen LogP contribution in [0.2, 0.25) is 0 Å². The molecule has 6 heteroatoms. The Balaban J connectivity index is 2.45. The lowest BCUT2D eigenvalue weighted by Gasteiger charge is -2.26. The topological polar surface area (TPSA) is 58.6 Å². The quantitative estimate of drug-likeness (QED) is 0.916. The molecule has 1 fully saturated rings. The SMILES string of the molecule is COc1ccc(C)cc1S(=O)(=O)N1CCNCCC1C. The van der Waals surface area contributed by atoms with E-state index in [-0.39, 0.29) is 10.9 Å². The molecule has 0 amide bonds. The first-order valence-electron chi connectivity index (χ1n) is 6.84. The predicted molar refractivity (Wildman–Crippen MR) is 78.6 cm³/mol. The lowest BCUT2D eigenvalue weighted by Crippen LogP contribution is -2.39. The number of hydrogen-bond acceptors (Lipinski definition) is 4. The van der Waals surface area contributed by atoms with Gasteiger partial charge in [-0.05, 0) is 44.5 Å². The second-order valence-electron chi connectivity index (χ2n) is 5.16. The van der Waals surface area contributed by atoms with Crippen molar-refractivity contribution in [1.29, 1.82) is 0 Å². The van der Waals surface area contributed by atoms with Crippen molar-refractivity contribution in [3.8, 4) is 5.75 Å². The van der Waals surface area contributed by atoms with Crippen molar-refractivity contribution < 1.29 is 13.2 Å². The molecule has 112 valence electrons. The molecule has 0 aromatic heterocycles. The van der Waals surface area contributed by atoms with E-state index >= 15 is 0 Å². The molecule has 1 heterocycles. The van der Waals surface area contributed by atoms with E-state index in [0.717, 1.165) is 18.5 Å². The lowest BCUT2D eigenvalue weighted by molar-refractivity contribution is 0.345. The van der Waals surface area contributed by atoms with Crippen LogP contribution in [0.4, 0.5) is 0 Å². The van der Waals surface area contributed by atoms with Gasteiger partial charge in [-0.1, -0.05) is 6.07 Å². The van der Waals surface area contributed by atoms with Crippen LogP contribution in [0, 0.1) is 6.92 Å². The normalized spacial score (nSPS) is 21.4. The summed E-state index contributed by atoms with van der Waals surface area (Å²) in [6.07, 6.45) is 0.813. The van der Waals surface area contributed by atoms with E-state index in [0.29, 0.717) is 18.8 Å². The minimum atomic E-state index is -3.53. The van der Waals surface area contributed by atoms with Gasteiger partial charge in [-0.3, -0.25) is 0 Å². The van der Waals surface area contributed by atoms with Gasteiger partial charge < -0.3 is 10.1 Å². The van der Waals surface area contributed by atoms with E-state index in [1.54, 1.807) is 16.4 Å². The van der Waals surface area contributed by atoms with Crippen LogP contribution >= 0.6 is 0 Å². The van der Waals surface area contributed by atoms with Crippen LogP contribution in [-0.4, -0.2) is 45.5 Å². The molecule has 0 radical (unpaired) electrons. The zero-order valence-electron chi connectivity index (χ0n) is 12.2. The molecule has 5 nitrogen and oxygen atoms in total. The summed E-state index contributed by atoms with van der Waals surface area (Å²) < 4.78 is 32.6. The highest BCUT2D eigenvalue weighted by Gasteiger charge is 2.32. The largest absolute Gasteiger partial charge is 0.495 e. The number of rotatable bonds is 3. The Morgan fingerprint density at radius 2 is 2.10 bits per heavy atom. The first-order chi connectivity index (χ1) is 9.46. The minimum absolute atomic E-state index is 0.0137. The van der Waals surface area contributed by atoms with Gasteiger partial charge in [0.2, 0.25) is 10.0 Å². The van der Waals surface area contributed by atoms with E-state index in [9.17, 15) is 8.42 Å². The molecule has 1 aliphatic heterocycles. The Bertz CT molecular complexity index is 572. The van der Waals surface area contributed by atoms with Crippen LogP contribution in [0.15, 0.2) is 23.1 Å². The Hall–Kier alpha value is -1.11. The van der Waals surface area contributed by atoms with Crippen LogP contribution in [0.5, 0.6) is 5.75 Å². The lowest BCUT2D eigenvalue weighted by atomic mass is 10.2. The summed E-state index contributed by atoms with van der Waals surface area (Å²) in [6, 6.07) is 5.23. The second kappa shape index (κ2) is 6.11. The van der Waals surface area contributed by atoms with Crippen molar-refractivity contribution in [2.75, 3.05) is 26.7 Å². The third-order valence-corrected chi connectivity index (χ3v) is 5.68. The van der Waals surface area contributed by atoms with Gasteiger partial charge in [0.15, 0.2) is 0 Å². The third kappa shape index (κ3) is 2.97. The van der Waals surface area contributed by atoms with Gasteiger partial charge in [0.05, 0.1) is 7.11 Å². The predicted octanol–water partition coefficient (Wildman–Crippen LogP) is 1.38. The van der Waals surface area contributed by atoms with Gasteiger partial charge in [0.25, 0.3) is 0 Å². The second-order valence-corrected chi connectivity index (χ2v) is 7.02. The summed E-state index contributed by atoms with van der Waals surface area (Å²) in [6.45, 7) is 5.84. The molecule has 0 saturated carbocycles. The zero-order chi connectivity index (χ0) is 14.8. The van der Waals surface area contributed by atoms with Gasteiger partial charge in [-0.2, -0.15) is 4.31 Å². The van der Waals surface area contributed by atoms with Crippen LogP contribution in [0.1, 0.15) is 18.9 Å². The van der Waals surface area contributed by atoms with Crippen LogP contribution in [0.3, 0.4) is 0 Å². The summed E-state index contributed by atoms with van der Waals surface area (Å²) in [5.74, 6) is 0.403. The first-order valence-corrected chi connectivity index (χ1v) is 8.28. The van der Waals surface area contributed by atoms with Crippen molar-refractivity contribution in [1.82, 2.24) is 9.62 Å². The molecular formula is C14H22N2O3S. The van der Waals surface area contributed by atoms with Crippen molar-refractivity contribution in [3.63, 3.8) is 0 Å². The number of aryl methyl sites for hydroxylation is 1. The van der Waals surface area contributed by atoms with Gasteiger partial charge in [-0.15, -0.1) is 0 Å². The molecule has 20 heavy (non-hydrogen) atoms. The van der Waals surface area contributed by atoms with Gasteiger partial charge in [0.1, 0.15) is 10.6 Å². The number of nitrogens with zero attached hydrogens (tertiary/aromatic N) is 1. The maximum absolute atomic E-state index is 12.9. The van der Waals surface area contributed by atoms with Crippen LogP contribution in [-0.2, 0) is 10.0 Å². The fourth-order valence-corrected chi connectivity index (χ4v) is 4.36.